The van der Waals surface area contributed by atoms with Gasteiger partial charge in [0.15, 0.2) is 5.13 Å². The highest BCUT2D eigenvalue weighted by Crippen LogP contribution is 2.32. The number of carbonyl (C=O) groups is 1. The molecule has 1 aromatic carbocycles. The molecule has 1 aliphatic heterocycles. The van der Waals surface area contributed by atoms with Gasteiger partial charge in [0, 0.05) is 57.3 Å². The summed E-state index contributed by atoms with van der Waals surface area (Å²) in [5, 5.41) is 3.64. The van der Waals surface area contributed by atoms with Crippen LogP contribution in [0.15, 0.2) is 34.6 Å². The number of thiazole rings is 1. The average molecular weight is 474 g/mol. The fourth-order valence-corrected chi connectivity index (χ4v) is 6.20. The monoisotopic (exact) mass is 473 g/mol. The molecule has 0 unspecified atom stereocenters. The van der Waals surface area contributed by atoms with E-state index in [4.69, 9.17) is 11.6 Å². The number of anilines is 1. The molecule has 0 bridgehead atoms. The highest BCUT2D eigenvalue weighted by Gasteiger charge is 2.32. The highest BCUT2D eigenvalue weighted by molar-refractivity contribution is 7.13. The minimum absolute atomic E-state index is 0.0237. The topological polar surface area (TPSA) is 63.4 Å². The summed E-state index contributed by atoms with van der Waals surface area (Å²) >= 11 is 7.99. The van der Waals surface area contributed by atoms with Crippen LogP contribution in [0.4, 0.5) is 5.13 Å². The molecule has 1 saturated carbocycles. The van der Waals surface area contributed by atoms with Gasteiger partial charge in [-0.2, -0.15) is 0 Å². The maximum Gasteiger partial charge on any atom is 0.328 e. The van der Waals surface area contributed by atoms with Gasteiger partial charge in [-0.3, -0.25) is 13.9 Å². The van der Waals surface area contributed by atoms with E-state index in [-0.39, 0.29) is 11.6 Å². The minimum atomic E-state index is -0.0237. The number of imidazole rings is 1. The second-order valence-corrected chi connectivity index (χ2v) is 10.2. The van der Waals surface area contributed by atoms with Crippen molar-refractivity contribution in [3.8, 4) is 0 Å². The minimum Gasteiger partial charge on any atom is -0.345 e. The van der Waals surface area contributed by atoms with E-state index >= 15 is 0 Å². The molecular formula is C23H28ClN5O2S. The van der Waals surface area contributed by atoms with Crippen LogP contribution in [0.2, 0.25) is 5.02 Å². The fraction of sp³-hybridized carbons (Fsp3) is 0.522. The summed E-state index contributed by atoms with van der Waals surface area (Å²) in [6.07, 6.45) is 5.57. The Morgan fingerprint density at radius 1 is 1.16 bits per heavy atom. The van der Waals surface area contributed by atoms with Gasteiger partial charge in [-0.05, 0) is 43.7 Å². The molecule has 2 aliphatic rings. The SMILES string of the molecule is Cn1c(=O)n(CC2CCC(C(=O)N3CCN(c4nccs4)CC3)CC2)c2cccc(Cl)c21. The average Bonchev–Trinajstić information content (AvgIpc) is 3.44. The third-order valence-corrected chi connectivity index (χ3v) is 8.16. The molecule has 3 heterocycles. The zero-order valence-corrected chi connectivity index (χ0v) is 19.8. The molecule has 1 amide bonds. The predicted octanol–water partition coefficient (Wildman–Crippen LogP) is 3.61. The summed E-state index contributed by atoms with van der Waals surface area (Å²) < 4.78 is 3.49. The Morgan fingerprint density at radius 2 is 1.91 bits per heavy atom. The van der Waals surface area contributed by atoms with Crippen molar-refractivity contribution in [2.75, 3.05) is 31.1 Å². The van der Waals surface area contributed by atoms with E-state index in [0.717, 1.165) is 68.0 Å². The normalized spacial score (nSPS) is 21.9. The number of benzene rings is 1. The summed E-state index contributed by atoms with van der Waals surface area (Å²) in [4.78, 5) is 34.6. The third-order valence-electron chi connectivity index (χ3n) is 7.03. The highest BCUT2D eigenvalue weighted by atomic mass is 35.5. The molecule has 9 heteroatoms. The number of hydrogen-bond donors (Lipinski definition) is 0. The lowest BCUT2D eigenvalue weighted by atomic mass is 9.81. The second-order valence-electron chi connectivity index (χ2n) is 8.90. The van der Waals surface area contributed by atoms with Gasteiger partial charge in [0.05, 0.1) is 16.1 Å². The number of para-hydroxylation sites is 1. The maximum absolute atomic E-state index is 13.1. The van der Waals surface area contributed by atoms with Crippen LogP contribution in [0.5, 0.6) is 0 Å². The smallest absolute Gasteiger partial charge is 0.328 e. The molecule has 0 N–H and O–H groups in total. The van der Waals surface area contributed by atoms with Crippen molar-refractivity contribution < 1.29 is 4.79 Å². The zero-order chi connectivity index (χ0) is 22.2. The first-order valence-electron chi connectivity index (χ1n) is 11.3. The van der Waals surface area contributed by atoms with E-state index in [0.29, 0.717) is 23.4 Å². The largest absolute Gasteiger partial charge is 0.345 e. The maximum atomic E-state index is 13.1. The number of amides is 1. The number of aromatic nitrogens is 3. The van der Waals surface area contributed by atoms with Crippen LogP contribution in [0.25, 0.3) is 11.0 Å². The Balaban J connectivity index is 1.18. The first kappa shape index (κ1) is 21.5. The number of piperazine rings is 1. The first-order valence-corrected chi connectivity index (χ1v) is 12.6. The lowest BCUT2D eigenvalue weighted by molar-refractivity contribution is -0.137. The van der Waals surface area contributed by atoms with Crippen LogP contribution >= 0.6 is 22.9 Å². The van der Waals surface area contributed by atoms with Gasteiger partial charge in [-0.1, -0.05) is 17.7 Å². The Hall–Kier alpha value is -2.32. The molecule has 7 nitrogen and oxygen atoms in total. The van der Waals surface area contributed by atoms with Crippen LogP contribution in [0, 0.1) is 11.8 Å². The lowest BCUT2D eigenvalue weighted by Gasteiger charge is -2.37. The molecule has 3 aromatic rings. The molecule has 170 valence electrons. The molecule has 0 radical (unpaired) electrons. The van der Waals surface area contributed by atoms with Gasteiger partial charge in [-0.15, -0.1) is 11.3 Å². The van der Waals surface area contributed by atoms with Crippen molar-refractivity contribution in [3.05, 3.63) is 45.3 Å². The number of halogens is 1. The van der Waals surface area contributed by atoms with Crippen LogP contribution < -0.4 is 10.6 Å². The van der Waals surface area contributed by atoms with Gasteiger partial charge >= 0.3 is 5.69 Å². The van der Waals surface area contributed by atoms with Crippen LogP contribution in [0.3, 0.4) is 0 Å². The standard InChI is InChI=1S/C23H28ClN5O2S/c1-26-20-18(24)3-2-4-19(20)29(23(26)31)15-16-5-7-17(8-6-16)21(30)27-10-12-28(13-11-27)22-25-9-14-32-22/h2-4,9,14,16-17H,5-8,10-13,15H2,1H3. The molecule has 1 aliphatic carbocycles. The number of nitrogens with zero attached hydrogens (tertiary/aromatic N) is 5. The Morgan fingerprint density at radius 3 is 2.59 bits per heavy atom. The van der Waals surface area contributed by atoms with Crippen LogP contribution in [-0.2, 0) is 18.4 Å². The van der Waals surface area contributed by atoms with Crippen LogP contribution in [0.1, 0.15) is 25.7 Å². The van der Waals surface area contributed by atoms with Gasteiger partial charge in [0.25, 0.3) is 0 Å². The fourth-order valence-electron chi connectivity index (χ4n) is 5.21. The molecule has 1 saturated heterocycles. The van der Waals surface area contributed by atoms with Gasteiger partial charge in [-0.25, -0.2) is 9.78 Å². The quantitative estimate of drug-likeness (QED) is 0.580. The van der Waals surface area contributed by atoms with E-state index in [9.17, 15) is 9.59 Å². The van der Waals surface area contributed by atoms with Crippen molar-refractivity contribution in [2.45, 2.75) is 32.2 Å². The third kappa shape index (κ3) is 3.94. The van der Waals surface area contributed by atoms with Crippen molar-refractivity contribution in [1.82, 2.24) is 19.0 Å². The molecule has 0 atom stereocenters. The summed E-state index contributed by atoms with van der Waals surface area (Å²) in [5.41, 5.74) is 1.66. The number of aryl methyl sites for hydroxylation is 1. The molecule has 2 fully saturated rings. The van der Waals surface area contributed by atoms with Gasteiger partial charge < -0.3 is 9.80 Å². The van der Waals surface area contributed by atoms with E-state index in [1.807, 2.05) is 39.2 Å². The number of rotatable bonds is 4. The lowest BCUT2D eigenvalue weighted by Crippen LogP contribution is -2.50. The van der Waals surface area contributed by atoms with Crippen LogP contribution in [-0.4, -0.2) is 51.1 Å². The molecule has 2 aromatic heterocycles. The number of carbonyl (C=O) groups excluding carboxylic acids is 1. The Bertz CT molecular complexity index is 1160. The summed E-state index contributed by atoms with van der Waals surface area (Å²) in [7, 11) is 1.77. The van der Waals surface area contributed by atoms with E-state index in [1.165, 1.54) is 0 Å². The first-order chi connectivity index (χ1) is 15.5. The molecule has 5 rings (SSSR count). The van der Waals surface area contributed by atoms with Crippen molar-refractivity contribution in [3.63, 3.8) is 0 Å². The summed E-state index contributed by atoms with van der Waals surface area (Å²) in [5.74, 6) is 0.816. The Kier molecular flexibility index (Phi) is 5.99. The molecule has 32 heavy (non-hydrogen) atoms. The molecular weight excluding hydrogens is 446 g/mol. The van der Waals surface area contributed by atoms with E-state index in [2.05, 4.69) is 9.88 Å². The van der Waals surface area contributed by atoms with E-state index < -0.39 is 0 Å². The van der Waals surface area contributed by atoms with E-state index in [1.54, 1.807) is 23.0 Å². The number of fused-ring (bicyclic) bond motifs is 1. The second kappa shape index (κ2) is 8.90. The predicted molar refractivity (Wildman–Crippen MR) is 129 cm³/mol. The van der Waals surface area contributed by atoms with Gasteiger partial charge in [0.1, 0.15) is 0 Å². The Labute approximate surface area is 196 Å². The van der Waals surface area contributed by atoms with Gasteiger partial charge in [0.2, 0.25) is 5.91 Å². The zero-order valence-electron chi connectivity index (χ0n) is 18.2. The number of hydrogen-bond acceptors (Lipinski definition) is 5. The van der Waals surface area contributed by atoms with Crippen molar-refractivity contribution in [2.24, 2.45) is 18.9 Å². The van der Waals surface area contributed by atoms with Crippen molar-refractivity contribution in [1.29, 1.82) is 0 Å². The van der Waals surface area contributed by atoms with Crippen molar-refractivity contribution >= 4 is 45.0 Å². The molecule has 0 spiro atoms. The summed E-state index contributed by atoms with van der Waals surface area (Å²) in [6, 6.07) is 5.68. The summed E-state index contributed by atoms with van der Waals surface area (Å²) in [6.45, 7) is 3.92.